The SMILES string of the molecule is CNc1cc2ncoc2c2c1C(C)(C)[C@H]1C[C@H]3[C@H](NC)C(O)=C(C(N)=O)C(=O)[C@@]3(O)C(O)=C1C2=O. The second kappa shape index (κ2) is 7.15. The van der Waals surface area contributed by atoms with E-state index in [1.54, 1.807) is 13.1 Å². The van der Waals surface area contributed by atoms with Crippen molar-refractivity contribution in [2.75, 3.05) is 19.4 Å². The average molecular weight is 482 g/mol. The number of likely N-dealkylation sites (N-methyl/N-ethyl adjacent to an activating group) is 1. The quantitative estimate of drug-likeness (QED) is 0.344. The Labute approximate surface area is 199 Å². The molecular formula is C24H26N4O7. The van der Waals surface area contributed by atoms with Gasteiger partial charge in [0.05, 0.1) is 11.6 Å². The van der Waals surface area contributed by atoms with Crippen molar-refractivity contribution in [1.82, 2.24) is 10.3 Å². The molecule has 3 aliphatic carbocycles. The van der Waals surface area contributed by atoms with Crippen LogP contribution in [0.1, 0.15) is 36.2 Å². The third-order valence-corrected chi connectivity index (χ3v) is 7.95. The third-order valence-electron chi connectivity index (χ3n) is 7.95. The molecule has 35 heavy (non-hydrogen) atoms. The van der Waals surface area contributed by atoms with Crippen molar-refractivity contribution in [2.24, 2.45) is 17.6 Å². The van der Waals surface area contributed by atoms with Crippen LogP contribution in [0.4, 0.5) is 5.69 Å². The predicted molar refractivity (Wildman–Crippen MR) is 124 cm³/mol. The van der Waals surface area contributed by atoms with Gasteiger partial charge in [-0.05, 0) is 30.5 Å². The van der Waals surface area contributed by atoms with Gasteiger partial charge in [0.15, 0.2) is 23.4 Å². The minimum atomic E-state index is -2.64. The average Bonchev–Trinajstić information content (AvgIpc) is 3.27. The van der Waals surface area contributed by atoms with Gasteiger partial charge in [0, 0.05) is 30.1 Å². The van der Waals surface area contributed by atoms with Gasteiger partial charge in [-0.2, -0.15) is 0 Å². The highest BCUT2D eigenvalue weighted by molar-refractivity contribution is 6.25. The Kier molecular flexibility index (Phi) is 4.71. The van der Waals surface area contributed by atoms with E-state index < -0.39 is 63.5 Å². The Balaban J connectivity index is 1.84. The van der Waals surface area contributed by atoms with Gasteiger partial charge in [-0.3, -0.25) is 14.4 Å². The number of fused-ring (bicyclic) bond motifs is 5. The maximum Gasteiger partial charge on any atom is 0.255 e. The number of oxazole rings is 1. The highest BCUT2D eigenvalue weighted by Crippen LogP contribution is 2.57. The number of carbonyl (C=O) groups excluding carboxylic acids is 3. The summed E-state index contributed by atoms with van der Waals surface area (Å²) in [7, 11) is 3.20. The van der Waals surface area contributed by atoms with Crippen LogP contribution in [-0.2, 0) is 15.0 Å². The Bertz CT molecular complexity index is 1400. The number of anilines is 1. The number of hydrogen-bond acceptors (Lipinski definition) is 10. The summed E-state index contributed by atoms with van der Waals surface area (Å²) >= 11 is 0. The van der Waals surface area contributed by atoms with E-state index in [-0.39, 0.29) is 23.1 Å². The number of aromatic nitrogens is 1. The molecule has 0 radical (unpaired) electrons. The van der Waals surface area contributed by atoms with Crippen molar-refractivity contribution in [2.45, 2.75) is 37.3 Å². The van der Waals surface area contributed by atoms with Crippen molar-refractivity contribution in [3.63, 3.8) is 0 Å². The van der Waals surface area contributed by atoms with E-state index in [0.717, 1.165) is 0 Å². The molecule has 0 spiro atoms. The molecule has 4 atom stereocenters. The monoisotopic (exact) mass is 482 g/mol. The number of ketones is 2. The summed E-state index contributed by atoms with van der Waals surface area (Å²) in [4.78, 5) is 43.5. The van der Waals surface area contributed by atoms with Crippen LogP contribution in [0.25, 0.3) is 11.1 Å². The summed E-state index contributed by atoms with van der Waals surface area (Å²) in [5.41, 5.74) is 3.09. The Morgan fingerprint density at radius 1 is 1.26 bits per heavy atom. The zero-order chi connectivity index (χ0) is 25.6. The number of aliphatic hydroxyl groups is 3. The van der Waals surface area contributed by atoms with Crippen LogP contribution in [0.2, 0.25) is 0 Å². The molecule has 7 N–H and O–H groups in total. The summed E-state index contributed by atoms with van der Waals surface area (Å²) in [6.45, 7) is 3.79. The van der Waals surface area contributed by atoms with Gasteiger partial charge in [-0.15, -0.1) is 0 Å². The standard InChI is InChI=1S/C24H26N4O7/c1-23(2)8-5-9-16(27-4)18(30)14(22(25)33)21(32)24(9,34)20(31)12(8)17(29)13-15(23)10(26-3)6-11-19(13)35-7-28-11/h6-9,16,26-27,30-31,34H,5H2,1-4H3,(H2,25,33)/t8-,9-,16-,24-/m0/s1. The first-order valence-corrected chi connectivity index (χ1v) is 11.2. The van der Waals surface area contributed by atoms with E-state index in [0.29, 0.717) is 16.8 Å². The molecule has 184 valence electrons. The molecule has 0 aliphatic heterocycles. The molecule has 1 aromatic heterocycles. The molecule has 11 heteroatoms. The summed E-state index contributed by atoms with van der Waals surface area (Å²) in [6.07, 6.45) is 1.25. The molecule has 0 bridgehead atoms. The normalized spacial score (nSPS) is 29.7. The van der Waals surface area contributed by atoms with Gasteiger partial charge < -0.3 is 36.1 Å². The molecule has 11 nitrogen and oxygen atoms in total. The second-order valence-electron chi connectivity index (χ2n) is 9.82. The molecule has 1 heterocycles. The summed E-state index contributed by atoms with van der Waals surface area (Å²) in [5, 5.41) is 39.8. The first-order valence-electron chi connectivity index (χ1n) is 11.2. The first-order chi connectivity index (χ1) is 16.4. The van der Waals surface area contributed by atoms with Gasteiger partial charge in [-0.1, -0.05) is 13.8 Å². The number of carbonyl (C=O) groups is 3. The van der Waals surface area contributed by atoms with E-state index in [1.807, 2.05) is 13.8 Å². The lowest BCUT2D eigenvalue weighted by molar-refractivity contribution is -0.146. The van der Waals surface area contributed by atoms with Crippen LogP contribution in [0.15, 0.2) is 39.5 Å². The van der Waals surface area contributed by atoms with Crippen LogP contribution in [0.5, 0.6) is 0 Å². The molecule has 2 aromatic rings. The summed E-state index contributed by atoms with van der Waals surface area (Å²) in [6, 6.07) is 0.700. The molecule has 0 unspecified atom stereocenters. The largest absolute Gasteiger partial charge is 0.510 e. The number of nitrogens with zero attached hydrogens (tertiary/aromatic N) is 1. The zero-order valence-corrected chi connectivity index (χ0v) is 19.6. The highest BCUT2D eigenvalue weighted by atomic mass is 16.4. The minimum Gasteiger partial charge on any atom is -0.510 e. The number of aliphatic hydroxyl groups excluding tert-OH is 2. The van der Waals surface area contributed by atoms with Crippen molar-refractivity contribution in [3.05, 3.63) is 46.3 Å². The minimum absolute atomic E-state index is 0.0407. The number of nitrogens with two attached hydrogens (primary N) is 1. The smallest absolute Gasteiger partial charge is 0.255 e. The Morgan fingerprint density at radius 2 is 1.94 bits per heavy atom. The van der Waals surface area contributed by atoms with Crippen LogP contribution < -0.4 is 16.4 Å². The van der Waals surface area contributed by atoms with E-state index in [1.165, 1.54) is 13.4 Å². The number of Topliss-reactive ketones (excluding diaryl/α,β-unsaturated/α-hetero) is 2. The summed E-state index contributed by atoms with van der Waals surface area (Å²) in [5.74, 6) is -6.28. The maximum absolute atomic E-state index is 14.0. The number of benzene rings is 1. The van der Waals surface area contributed by atoms with Crippen molar-refractivity contribution in [1.29, 1.82) is 0 Å². The maximum atomic E-state index is 14.0. The molecule has 0 saturated heterocycles. The molecule has 1 aromatic carbocycles. The van der Waals surface area contributed by atoms with E-state index in [2.05, 4.69) is 15.6 Å². The Morgan fingerprint density at radius 3 is 2.54 bits per heavy atom. The van der Waals surface area contributed by atoms with Crippen LogP contribution in [-0.4, -0.2) is 63.5 Å². The number of allylic oxidation sites excluding steroid dienone is 1. The molecule has 0 saturated carbocycles. The number of hydrogen-bond donors (Lipinski definition) is 6. The highest BCUT2D eigenvalue weighted by Gasteiger charge is 2.64. The van der Waals surface area contributed by atoms with E-state index in [9.17, 15) is 29.7 Å². The van der Waals surface area contributed by atoms with Gasteiger partial charge in [0.25, 0.3) is 5.91 Å². The van der Waals surface area contributed by atoms with Gasteiger partial charge >= 0.3 is 0 Å². The number of rotatable bonds is 3. The van der Waals surface area contributed by atoms with Crippen molar-refractivity contribution >= 4 is 34.3 Å². The van der Waals surface area contributed by atoms with Crippen molar-refractivity contribution < 1.29 is 34.1 Å². The van der Waals surface area contributed by atoms with Crippen LogP contribution >= 0.6 is 0 Å². The fourth-order valence-corrected chi connectivity index (χ4v) is 6.29. The lowest BCUT2D eigenvalue weighted by Crippen LogP contribution is -2.64. The number of primary amides is 1. The lowest BCUT2D eigenvalue weighted by atomic mass is 9.52. The second-order valence-corrected chi connectivity index (χ2v) is 9.82. The van der Waals surface area contributed by atoms with Gasteiger partial charge in [0.2, 0.25) is 5.78 Å². The van der Waals surface area contributed by atoms with Gasteiger partial charge in [-0.25, -0.2) is 4.98 Å². The summed E-state index contributed by atoms with van der Waals surface area (Å²) < 4.78 is 5.54. The topological polar surface area (TPSA) is 188 Å². The fraction of sp³-hybridized carbons (Fsp3) is 0.417. The van der Waals surface area contributed by atoms with E-state index >= 15 is 0 Å². The van der Waals surface area contributed by atoms with Crippen LogP contribution in [0, 0.1) is 11.8 Å². The molecule has 1 amide bonds. The molecular weight excluding hydrogens is 456 g/mol. The fourth-order valence-electron chi connectivity index (χ4n) is 6.29. The Hall–Kier alpha value is -3.70. The lowest BCUT2D eigenvalue weighted by Gasteiger charge is -2.52. The molecule has 5 rings (SSSR count). The van der Waals surface area contributed by atoms with Crippen molar-refractivity contribution in [3.8, 4) is 0 Å². The predicted octanol–water partition coefficient (Wildman–Crippen LogP) is 0.991. The third kappa shape index (κ3) is 2.62. The zero-order valence-electron chi connectivity index (χ0n) is 19.6. The number of nitrogens with one attached hydrogen (secondary N) is 2. The van der Waals surface area contributed by atoms with Crippen LogP contribution in [0.3, 0.4) is 0 Å². The first kappa shape index (κ1) is 23.1. The van der Waals surface area contributed by atoms with Gasteiger partial charge in [0.1, 0.15) is 22.6 Å². The van der Waals surface area contributed by atoms with E-state index in [4.69, 9.17) is 10.2 Å². The number of amides is 1. The molecule has 3 aliphatic rings. The molecule has 0 fully saturated rings.